The first-order chi connectivity index (χ1) is 8.71. The zero-order chi connectivity index (χ0) is 14.3. The number of hydrogen-bond donors (Lipinski definition) is 1. The molecule has 0 amide bonds. The standard InChI is InChI=1S/C11H13F3N2O2S.ClH/c12-11(13,14)8-1-3-10(4-2-8)19(17,18)16-6-5-9(15)7-16;/h1-4,9H,5-7,15H2;1H. The third-order valence-corrected chi connectivity index (χ3v) is 4.89. The highest BCUT2D eigenvalue weighted by Gasteiger charge is 2.33. The van der Waals surface area contributed by atoms with Crippen molar-refractivity contribution in [2.24, 2.45) is 5.73 Å². The largest absolute Gasteiger partial charge is 0.416 e. The van der Waals surface area contributed by atoms with E-state index < -0.39 is 21.8 Å². The monoisotopic (exact) mass is 330 g/mol. The molecule has 114 valence electrons. The van der Waals surface area contributed by atoms with E-state index in [4.69, 9.17) is 5.73 Å². The van der Waals surface area contributed by atoms with Gasteiger partial charge in [0.15, 0.2) is 0 Å². The summed E-state index contributed by atoms with van der Waals surface area (Å²) in [5.41, 5.74) is 4.76. The van der Waals surface area contributed by atoms with Crippen molar-refractivity contribution in [3.05, 3.63) is 29.8 Å². The van der Waals surface area contributed by atoms with Crippen LogP contribution in [-0.2, 0) is 16.2 Å². The average molecular weight is 331 g/mol. The van der Waals surface area contributed by atoms with E-state index in [0.717, 1.165) is 24.3 Å². The van der Waals surface area contributed by atoms with E-state index in [2.05, 4.69) is 0 Å². The molecule has 4 nitrogen and oxygen atoms in total. The fraction of sp³-hybridized carbons (Fsp3) is 0.455. The Balaban J connectivity index is 0.00000200. The number of nitrogens with zero attached hydrogens (tertiary/aromatic N) is 1. The molecule has 0 spiro atoms. The summed E-state index contributed by atoms with van der Waals surface area (Å²) in [4.78, 5) is -0.144. The summed E-state index contributed by atoms with van der Waals surface area (Å²) < 4.78 is 62.6. The summed E-state index contributed by atoms with van der Waals surface area (Å²) in [7, 11) is -3.75. The van der Waals surface area contributed by atoms with Crippen molar-refractivity contribution in [1.82, 2.24) is 4.31 Å². The second-order valence-electron chi connectivity index (χ2n) is 4.43. The van der Waals surface area contributed by atoms with E-state index in [0.29, 0.717) is 13.0 Å². The van der Waals surface area contributed by atoms with Crippen molar-refractivity contribution in [1.29, 1.82) is 0 Å². The minimum Gasteiger partial charge on any atom is -0.326 e. The smallest absolute Gasteiger partial charge is 0.326 e. The van der Waals surface area contributed by atoms with Gasteiger partial charge in [-0.3, -0.25) is 0 Å². The van der Waals surface area contributed by atoms with Crippen LogP contribution in [0.15, 0.2) is 29.2 Å². The molecule has 1 saturated heterocycles. The molecule has 2 rings (SSSR count). The van der Waals surface area contributed by atoms with Crippen molar-refractivity contribution in [2.45, 2.75) is 23.5 Å². The highest BCUT2D eigenvalue weighted by Crippen LogP contribution is 2.30. The minimum atomic E-state index is -4.47. The Morgan fingerprint density at radius 2 is 1.75 bits per heavy atom. The molecular formula is C11H14ClF3N2O2S. The van der Waals surface area contributed by atoms with Crippen molar-refractivity contribution < 1.29 is 21.6 Å². The van der Waals surface area contributed by atoms with Crippen LogP contribution in [0.4, 0.5) is 13.2 Å². The first kappa shape index (κ1) is 17.2. The third kappa shape index (κ3) is 3.43. The molecule has 1 aromatic carbocycles. The molecule has 1 aromatic rings. The fourth-order valence-corrected chi connectivity index (χ4v) is 3.45. The van der Waals surface area contributed by atoms with Crippen molar-refractivity contribution >= 4 is 22.4 Å². The van der Waals surface area contributed by atoms with Crippen LogP contribution in [0, 0.1) is 0 Å². The summed E-state index contributed by atoms with van der Waals surface area (Å²) in [5.74, 6) is 0. The molecule has 1 aliphatic heterocycles. The molecular weight excluding hydrogens is 317 g/mol. The first-order valence-corrected chi connectivity index (χ1v) is 7.08. The fourth-order valence-electron chi connectivity index (χ4n) is 1.94. The van der Waals surface area contributed by atoms with Gasteiger partial charge in [-0.05, 0) is 30.7 Å². The van der Waals surface area contributed by atoms with Gasteiger partial charge in [-0.2, -0.15) is 17.5 Å². The number of sulfonamides is 1. The summed E-state index contributed by atoms with van der Waals surface area (Å²) >= 11 is 0. The number of rotatable bonds is 2. The molecule has 0 aromatic heterocycles. The SMILES string of the molecule is Cl.NC1CCN(S(=O)(=O)c2ccc(C(F)(F)F)cc2)C1. The number of benzene rings is 1. The number of hydrogen-bond acceptors (Lipinski definition) is 3. The molecule has 0 aliphatic carbocycles. The van der Waals surface area contributed by atoms with Gasteiger partial charge in [0.1, 0.15) is 0 Å². The molecule has 1 heterocycles. The van der Waals surface area contributed by atoms with E-state index in [-0.39, 0.29) is 29.9 Å². The Labute approximate surface area is 121 Å². The molecule has 1 fully saturated rings. The predicted octanol–water partition coefficient (Wildman–Crippen LogP) is 1.85. The highest BCUT2D eigenvalue weighted by atomic mass is 35.5. The van der Waals surface area contributed by atoms with Crippen LogP contribution in [0.5, 0.6) is 0 Å². The van der Waals surface area contributed by atoms with E-state index in [9.17, 15) is 21.6 Å². The topological polar surface area (TPSA) is 63.4 Å². The molecule has 0 radical (unpaired) electrons. The number of alkyl halides is 3. The van der Waals surface area contributed by atoms with E-state index in [1.54, 1.807) is 0 Å². The van der Waals surface area contributed by atoms with Gasteiger partial charge < -0.3 is 5.73 Å². The summed E-state index contributed by atoms with van der Waals surface area (Å²) in [5, 5.41) is 0. The van der Waals surface area contributed by atoms with Crippen LogP contribution in [0.2, 0.25) is 0 Å². The van der Waals surface area contributed by atoms with Crippen LogP contribution in [0.3, 0.4) is 0 Å². The van der Waals surface area contributed by atoms with Crippen molar-refractivity contribution in [2.75, 3.05) is 13.1 Å². The van der Waals surface area contributed by atoms with Gasteiger partial charge in [-0.15, -0.1) is 12.4 Å². The Bertz CT molecular complexity index is 560. The van der Waals surface area contributed by atoms with Gasteiger partial charge in [0.05, 0.1) is 10.5 Å². The molecule has 9 heteroatoms. The zero-order valence-corrected chi connectivity index (χ0v) is 11.9. The van der Waals surface area contributed by atoms with Gasteiger partial charge in [-0.1, -0.05) is 0 Å². The lowest BCUT2D eigenvalue weighted by Crippen LogP contribution is -2.32. The maximum atomic E-state index is 12.4. The second-order valence-corrected chi connectivity index (χ2v) is 6.37. The zero-order valence-electron chi connectivity index (χ0n) is 10.3. The Morgan fingerprint density at radius 3 is 2.15 bits per heavy atom. The Hall–Kier alpha value is -0.830. The lowest BCUT2D eigenvalue weighted by Gasteiger charge is -2.16. The van der Waals surface area contributed by atoms with Crippen LogP contribution in [0.25, 0.3) is 0 Å². The maximum Gasteiger partial charge on any atom is 0.416 e. The molecule has 20 heavy (non-hydrogen) atoms. The third-order valence-electron chi connectivity index (χ3n) is 3.01. The number of nitrogens with two attached hydrogens (primary N) is 1. The molecule has 2 N–H and O–H groups in total. The molecule has 1 atom stereocenters. The summed E-state index contributed by atoms with van der Waals surface area (Å²) in [6.45, 7) is 0.494. The molecule has 0 bridgehead atoms. The lowest BCUT2D eigenvalue weighted by atomic mass is 10.2. The minimum absolute atomic E-state index is 0. The van der Waals surface area contributed by atoms with Crippen LogP contribution < -0.4 is 5.73 Å². The highest BCUT2D eigenvalue weighted by molar-refractivity contribution is 7.89. The normalized spacial score (nSPS) is 20.7. The predicted molar refractivity (Wildman–Crippen MR) is 70.0 cm³/mol. The van der Waals surface area contributed by atoms with Gasteiger partial charge in [0.2, 0.25) is 10.0 Å². The molecule has 1 unspecified atom stereocenters. The second kappa shape index (κ2) is 5.88. The lowest BCUT2D eigenvalue weighted by molar-refractivity contribution is -0.137. The van der Waals surface area contributed by atoms with Crippen molar-refractivity contribution in [3.63, 3.8) is 0 Å². The maximum absolute atomic E-state index is 12.4. The summed E-state index contributed by atoms with van der Waals surface area (Å²) in [6, 6.07) is 3.26. The van der Waals surface area contributed by atoms with Crippen LogP contribution in [-0.4, -0.2) is 31.9 Å². The quantitative estimate of drug-likeness (QED) is 0.900. The van der Waals surface area contributed by atoms with Gasteiger partial charge in [-0.25, -0.2) is 8.42 Å². The van der Waals surface area contributed by atoms with Gasteiger partial charge >= 0.3 is 6.18 Å². The van der Waals surface area contributed by atoms with E-state index >= 15 is 0 Å². The average Bonchev–Trinajstić information content (AvgIpc) is 2.76. The van der Waals surface area contributed by atoms with Crippen LogP contribution in [0.1, 0.15) is 12.0 Å². The van der Waals surface area contributed by atoms with Gasteiger partial charge in [0, 0.05) is 19.1 Å². The molecule has 1 aliphatic rings. The molecule has 0 saturated carbocycles. The van der Waals surface area contributed by atoms with E-state index in [1.165, 1.54) is 4.31 Å². The first-order valence-electron chi connectivity index (χ1n) is 5.64. The Kier molecular flexibility index (Phi) is 5.07. The van der Waals surface area contributed by atoms with Crippen LogP contribution >= 0.6 is 12.4 Å². The number of halogens is 4. The van der Waals surface area contributed by atoms with Gasteiger partial charge in [0.25, 0.3) is 0 Å². The summed E-state index contributed by atoms with van der Waals surface area (Å²) in [6.07, 6.45) is -3.92. The Morgan fingerprint density at radius 1 is 1.20 bits per heavy atom. The van der Waals surface area contributed by atoms with Crippen molar-refractivity contribution in [3.8, 4) is 0 Å². The van der Waals surface area contributed by atoms with E-state index in [1.807, 2.05) is 0 Å².